The highest BCUT2D eigenvalue weighted by Gasteiger charge is 2.21. The zero-order valence-electron chi connectivity index (χ0n) is 10.0. The van der Waals surface area contributed by atoms with Gasteiger partial charge in [-0.25, -0.2) is 4.98 Å². The van der Waals surface area contributed by atoms with Crippen molar-refractivity contribution in [1.82, 2.24) is 19.4 Å². The molecular formula is C12H17N5. The molecule has 5 nitrogen and oxygen atoms in total. The molecule has 0 aliphatic carbocycles. The molecule has 0 saturated carbocycles. The lowest BCUT2D eigenvalue weighted by Gasteiger charge is -2.30. The van der Waals surface area contributed by atoms with Crippen molar-refractivity contribution in [3.63, 3.8) is 0 Å². The number of pyridine rings is 1. The van der Waals surface area contributed by atoms with Crippen molar-refractivity contribution >= 4 is 17.0 Å². The number of anilines is 1. The van der Waals surface area contributed by atoms with Crippen LogP contribution in [0.25, 0.3) is 11.0 Å². The molecule has 2 aromatic heterocycles. The van der Waals surface area contributed by atoms with Gasteiger partial charge in [0.15, 0.2) is 0 Å². The summed E-state index contributed by atoms with van der Waals surface area (Å²) in [7, 11) is 2.16. The van der Waals surface area contributed by atoms with E-state index in [9.17, 15) is 0 Å². The molecule has 0 atom stereocenters. The van der Waals surface area contributed by atoms with Crippen LogP contribution < -0.4 is 5.73 Å². The molecule has 3 rings (SSSR count). The number of nitrogens with two attached hydrogens (primary N) is 1. The lowest BCUT2D eigenvalue weighted by molar-refractivity contribution is 0.225. The molecular weight excluding hydrogens is 214 g/mol. The van der Waals surface area contributed by atoms with Crippen molar-refractivity contribution in [1.29, 1.82) is 0 Å². The van der Waals surface area contributed by atoms with E-state index in [-0.39, 0.29) is 0 Å². The maximum absolute atomic E-state index is 6.03. The van der Waals surface area contributed by atoms with Gasteiger partial charge >= 0.3 is 0 Å². The monoisotopic (exact) mass is 231 g/mol. The molecule has 0 radical (unpaired) electrons. The number of rotatable bonds is 1. The van der Waals surface area contributed by atoms with E-state index in [1.807, 2.05) is 6.07 Å². The van der Waals surface area contributed by atoms with Crippen LogP contribution in [0.3, 0.4) is 0 Å². The molecule has 0 aromatic carbocycles. The third-order valence-corrected chi connectivity index (χ3v) is 3.57. The lowest BCUT2D eigenvalue weighted by atomic mass is 10.1. The number of hydrogen-bond acceptors (Lipinski definition) is 4. The summed E-state index contributed by atoms with van der Waals surface area (Å²) in [6.07, 6.45) is 5.84. The average molecular weight is 231 g/mol. The maximum Gasteiger partial charge on any atom is 0.201 e. The summed E-state index contributed by atoms with van der Waals surface area (Å²) >= 11 is 0. The second-order valence-electron chi connectivity index (χ2n) is 4.74. The summed E-state index contributed by atoms with van der Waals surface area (Å²) < 4.78 is 2.17. The number of fused-ring (bicyclic) bond motifs is 1. The van der Waals surface area contributed by atoms with Crippen molar-refractivity contribution in [3.05, 3.63) is 18.5 Å². The van der Waals surface area contributed by atoms with E-state index in [1.54, 1.807) is 12.4 Å². The minimum absolute atomic E-state index is 0.471. The van der Waals surface area contributed by atoms with Crippen molar-refractivity contribution in [2.75, 3.05) is 25.9 Å². The van der Waals surface area contributed by atoms with Gasteiger partial charge in [0.25, 0.3) is 0 Å². The fourth-order valence-corrected chi connectivity index (χ4v) is 2.61. The number of likely N-dealkylation sites (tertiary alicyclic amines) is 1. The highest BCUT2D eigenvalue weighted by Crippen LogP contribution is 2.28. The molecule has 2 aromatic rings. The van der Waals surface area contributed by atoms with Gasteiger partial charge in [-0.1, -0.05) is 0 Å². The number of nitrogens with zero attached hydrogens (tertiary/aromatic N) is 4. The third kappa shape index (κ3) is 1.76. The minimum atomic E-state index is 0.471. The zero-order chi connectivity index (χ0) is 11.8. The molecule has 1 saturated heterocycles. The van der Waals surface area contributed by atoms with Gasteiger partial charge in [-0.2, -0.15) is 0 Å². The molecule has 1 aliphatic heterocycles. The average Bonchev–Trinajstić information content (AvgIpc) is 2.66. The maximum atomic E-state index is 6.03. The van der Waals surface area contributed by atoms with Gasteiger partial charge in [-0.3, -0.25) is 4.98 Å². The first-order valence-electron chi connectivity index (χ1n) is 6.01. The normalized spacial score (nSPS) is 18.9. The van der Waals surface area contributed by atoms with Crippen LogP contribution in [0.5, 0.6) is 0 Å². The van der Waals surface area contributed by atoms with Crippen LogP contribution in [-0.4, -0.2) is 39.6 Å². The van der Waals surface area contributed by atoms with Crippen molar-refractivity contribution < 1.29 is 0 Å². The van der Waals surface area contributed by atoms with E-state index in [2.05, 4.69) is 26.5 Å². The van der Waals surface area contributed by atoms with Crippen LogP contribution in [0, 0.1) is 0 Å². The first kappa shape index (κ1) is 10.5. The van der Waals surface area contributed by atoms with Gasteiger partial charge in [0, 0.05) is 12.2 Å². The van der Waals surface area contributed by atoms with Gasteiger partial charge in [-0.05, 0) is 39.0 Å². The summed E-state index contributed by atoms with van der Waals surface area (Å²) in [6.45, 7) is 2.24. The summed E-state index contributed by atoms with van der Waals surface area (Å²) in [5, 5.41) is 0. The van der Waals surface area contributed by atoms with Gasteiger partial charge in [0.1, 0.15) is 5.52 Å². The Hall–Kier alpha value is -1.62. The van der Waals surface area contributed by atoms with E-state index in [0.29, 0.717) is 12.0 Å². The second-order valence-corrected chi connectivity index (χ2v) is 4.74. The Morgan fingerprint density at radius 3 is 2.88 bits per heavy atom. The van der Waals surface area contributed by atoms with E-state index in [0.717, 1.165) is 37.0 Å². The Bertz CT molecular complexity index is 525. The molecule has 0 bridgehead atoms. The number of nitrogen functional groups attached to an aromatic ring is 1. The number of imidazole rings is 1. The first-order chi connectivity index (χ1) is 8.25. The van der Waals surface area contributed by atoms with Gasteiger partial charge < -0.3 is 15.2 Å². The minimum Gasteiger partial charge on any atom is -0.369 e. The van der Waals surface area contributed by atoms with E-state index >= 15 is 0 Å². The molecule has 3 heterocycles. The van der Waals surface area contributed by atoms with E-state index < -0.39 is 0 Å². The highest BCUT2D eigenvalue weighted by molar-refractivity contribution is 5.77. The van der Waals surface area contributed by atoms with Crippen LogP contribution in [0.15, 0.2) is 18.5 Å². The topological polar surface area (TPSA) is 60.0 Å². The van der Waals surface area contributed by atoms with Crippen LogP contribution in [0.2, 0.25) is 0 Å². The SMILES string of the molecule is CN1CCC(n2c(N)nc3cnccc32)CC1. The fourth-order valence-electron chi connectivity index (χ4n) is 2.61. The molecule has 0 unspecified atom stereocenters. The zero-order valence-corrected chi connectivity index (χ0v) is 10.0. The summed E-state index contributed by atoms with van der Waals surface area (Å²) in [5.74, 6) is 0.613. The molecule has 0 amide bonds. The molecule has 1 aliphatic rings. The van der Waals surface area contributed by atoms with E-state index in [1.165, 1.54) is 0 Å². The Morgan fingerprint density at radius 1 is 1.35 bits per heavy atom. The van der Waals surface area contributed by atoms with E-state index in [4.69, 9.17) is 5.73 Å². The Morgan fingerprint density at radius 2 is 2.12 bits per heavy atom. The number of piperidine rings is 1. The fraction of sp³-hybridized carbons (Fsp3) is 0.500. The van der Waals surface area contributed by atoms with Gasteiger partial charge in [0.2, 0.25) is 5.95 Å². The first-order valence-corrected chi connectivity index (χ1v) is 6.01. The van der Waals surface area contributed by atoms with Crippen molar-refractivity contribution in [2.45, 2.75) is 18.9 Å². The Kier molecular flexibility index (Phi) is 2.48. The highest BCUT2D eigenvalue weighted by atomic mass is 15.2. The Labute approximate surface area is 100 Å². The molecule has 1 fully saturated rings. The molecule has 5 heteroatoms. The predicted molar refractivity (Wildman–Crippen MR) is 67.7 cm³/mol. The second kappa shape index (κ2) is 4.00. The van der Waals surface area contributed by atoms with Crippen LogP contribution >= 0.6 is 0 Å². The van der Waals surface area contributed by atoms with Crippen molar-refractivity contribution in [3.8, 4) is 0 Å². The number of aromatic nitrogens is 3. The molecule has 17 heavy (non-hydrogen) atoms. The predicted octanol–water partition coefficient (Wildman–Crippen LogP) is 1.28. The molecule has 2 N–H and O–H groups in total. The molecule has 90 valence electrons. The Balaban J connectivity index is 2.02. The molecule has 0 spiro atoms. The van der Waals surface area contributed by atoms with Crippen molar-refractivity contribution in [2.24, 2.45) is 0 Å². The summed E-state index contributed by atoms with van der Waals surface area (Å²) in [5.41, 5.74) is 8.03. The van der Waals surface area contributed by atoms with Gasteiger partial charge in [-0.15, -0.1) is 0 Å². The summed E-state index contributed by atoms with van der Waals surface area (Å²) in [6, 6.07) is 2.47. The van der Waals surface area contributed by atoms with Gasteiger partial charge in [0.05, 0.1) is 11.7 Å². The largest absolute Gasteiger partial charge is 0.369 e. The van der Waals surface area contributed by atoms with Crippen LogP contribution in [0.4, 0.5) is 5.95 Å². The standard InChI is InChI=1S/C12H17N5/c1-16-6-3-9(4-7-16)17-11-2-5-14-8-10(11)15-12(17)13/h2,5,8-9H,3-4,6-7H2,1H3,(H2,13,15). The van der Waals surface area contributed by atoms with Crippen LogP contribution in [0.1, 0.15) is 18.9 Å². The summed E-state index contributed by atoms with van der Waals surface area (Å²) in [4.78, 5) is 10.8. The quantitative estimate of drug-likeness (QED) is 0.803. The lowest BCUT2D eigenvalue weighted by Crippen LogP contribution is -2.31. The number of hydrogen-bond donors (Lipinski definition) is 1. The smallest absolute Gasteiger partial charge is 0.201 e. The third-order valence-electron chi connectivity index (χ3n) is 3.57. The van der Waals surface area contributed by atoms with Crippen LogP contribution in [-0.2, 0) is 0 Å².